The maximum absolute atomic E-state index is 11.3. The highest BCUT2D eigenvalue weighted by atomic mass is 32.1. The Labute approximate surface area is 148 Å². The highest BCUT2D eigenvalue weighted by molar-refractivity contribution is 7.19. The van der Waals surface area contributed by atoms with Crippen molar-refractivity contribution in [2.24, 2.45) is 0 Å². The number of aliphatic carboxylic acids is 1. The van der Waals surface area contributed by atoms with Crippen molar-refractivity contribution in [1.82, 2.24) is 4.98 Å². The number of rotatable bonds is 4. The van der Waals surface area contributed by atoms with Crippen molar-refractivity contribution < 1.29 is 9.90 Å². The highest BCUT2D eigenvalue weighted by Gasteiger charge is 2.12. The molecule has 1 heterocycles. The summed E-state index contributed by atoms with van der Waals surface area (Å²) < 4.78 is 1.06. The van der Waals surface area contributed by atoms with E-state index in [-0.39, 0.29) is 6.42 Å². The number of fused-ring (bicyclic) bond motifs is 2. The van der Waals surface area contributed by atoms with E-state index in [1.807, 2.05) is 48.5 Å². The van der Waals surface area contributed by atoms with Gasteiger partial charge in [0.15, 0.2) is 0 Å². The molecule has 3 nitrogen and oxygen atoms in total. The molecule has 0 saturated carbocycles. The van der Waals surface area contributed by atoms with E-state index in [4.69, 9.17) is 0 Å². The number of thiazole rings is 1. The van der Waals surface area contributed by atoms with Gasteiger partial charge in [0.05, 0.1) is 16.6 Å². The normalized spacial score (nSPS) is 11.9. The molecule has 1 aromatic heterocycles. The van der Waals surface area contributed by atoms with Crippen LogP contribution in [0.3, 0.4) is 0 Å². The number of hydrogen-bond donors (Lipinski definition) is 1. The molecule has 4 aromatic rings. The zero-order valence-corrected chi connectivity index (χ0v) is 14.2. The number of carbonyl (C=O) groups is 1. The summed E-state index contributed by atoms with van der Waals surface area (Å²) in [5.41, 5.74) is 2.61. The minimum Gasteiger partial charge on any atom is -0.481 e. The maximum atomic E-state index is 11.3. The van der Waals surface area contributed by atoms with Gasteiger partial charge in [0.1, 0.15) is 5.01 Å². The Hall–Kier alpha value is -2.98. The number of nitrogens with zero attached hydrogens (tertiary/aromatic N) is 1. The number of hydrogen-bond acceptors (Lipinski definition) is 3. The lowest BCUT2D eigenvalue weighted by molar-refractivity contribution is -0.135. The van der Waals surface area contributed by atoms with Gasteiger partial charge in [-0.3, -0.25) is 4.79 Å². The fourth-order valence-corrected chi connectivity index (χ4v) is 3.84. The Morgan fingerprint density at radius 1 is 1.00 bits per heavy atom. The van der Waals surface area contributed by atoms with Gasteiger partial charge in [-0.2, -0.15) is 0 Å². The van der Waals surface area contributed by atoms with E-state index in [1.165, 1.54) is 16.7 Å². The molecule has 1 N–H and O–H groups in total. The average Bonchev–Trinajstić information content (AvgIpc) is 3.05. The summed E-state index contributed by atoms with van der Waals surface area (Å²) in [7, 11) is 0. The fourth-order valence-electron chi connectivity index (χ4n) is 2.86. The standard InChI is InChI=1S/C21H15NO2S/c23-20(24)13-17(21-22-18-7-3-4-8-19(18)25-21)12-14-9-10-15-5-1-2-6-16(15)11-14/h1-12H,13H2,(H,23,24). The first-order valence-corrected chi connectivity index (χ1v) is 8.78. The molecule has 0 aliphatic carbocycles. The number of para-hydroxylation sites is 1. The number of carboxylic acids is 1. The molecule has 0 saturated heterocycles. The zero-order chi connectivity index (χ0) is 17.2. The van der Waals surface area contributed by atoms with Crippen LogP contribution in [0, 0.1) is 0 Å². The Morgan fingerprint density at radius 3 is 2.56 bits per heavy atom. The third-order valence-electron chi connectivity index (χ3n) is 4.02. The van der Waals surface area contributed by atoms with Gasteiger partial charge < -0.3 is 5.11 Å². The first-order chi connectivity index (χ1) is 12.2. The quantitative estimate of drug-likeness (QED) is 0.534. The zero-order valence-electron chi connectivity index (χ0n) is 13.3. The van der Waals surface area contributed by atoms with Crippen LogP contribution in [0.25, 0.3) is 32.6 Å². The summed E-state index contributed by atoms with van der Waals surface area (Å²) in [5.74, 6) is -0.855. The fraction of sp³-hybridized carbons (Fsp3) is 0.0476. The van der Waals surface area contributed by atoms with Gasteiger partial charge in [-0.05, 0) is 46.2 Å². The molecule has 0 amide bonds. The molecule has 25 heavy (non-hydrogen) atoms. The molecule has 0 atom stereocenters. The number of benzene rings is 3. The van der Waals surface area contributed by atoms with E-state index < -0.39 is 5.97 Å². The van der Waals surface area contributed by atoms with Crippen molar-refractivity contribution >= 4 is 49.9 Å². The van der Waals surface area contributed by atoms with Crippen LogP contribution in [0.15, 0.2) is 66.7 Å². The van der Waals surface area contributed by atoms with E-state index in [0.717, 1.165) is 31.7 Å². The molecule has 3 aromatic carbocycles. The van der Waals surface area contributed by atoms with Crippen molar-refractivity contribution in [1.29, 1.82) is 0 Å². The van der Waals surface area contributed by atoms with Crippen LogP contribution in [-0.4, -0.2) is 16.1 Å². The molecule has 0 aliphatic heterocycles. The second-order valence-electron chi connectivity index (χ2n) is 5.83. The van der Waals surface area contributed by atoms with Gasteiger partial charge >= 0.3 is 5.97 Å². The number of aromatic nitrogens is 1. The summed E-state index contributed by atoms with van der Waals surface area (Å²) >= 11 is 1.53. The molecule has 4 rings (SSSR count). The average molecular weight is 345 g/mol. The van der Waals surface area contributed by atoms with Crippen LogP contribution in [0.1, 0.15) is 17.0 Å². The summed E-state index contributed by atoms with van der Waals surface area (Å²) in [5, 5.41) is 12.4. The SMILES string of the molecule is O=C(O)CC(=Cc1ccc2ccccc2c1)c1nc2ccccc2s1. The van der Waals surface area contributed by atoms with Crippen LogP contribution in [0.2, 0.25) is 0 Å². The first-order valence-electron chi connectivity index (χ1n) is 7.96. The van der Waals surface area contributed by atoms with E-state index in [2.05, 4.69) is 29.2 Å². The molecular weight excluding hydrogens is 330 g/mol. The van der Waals surface area contributed by atoms with Crippen molar-refractivity contribution in [3.8, 4) is 0 Å². The summed E-state index contributed by atoms with van der Waals surface area (Å²) in [4.78, 5) is 15.9. The van der Waals surface area contributed by atoms with Gasteiger partial charge in [-0.15, -0.1) is 11.3 Å². The highest BCUT2D eigenvalue weighted by Crippen LogP contribution is 2.30. The van der Waals surface area contributed by atoms with Crippen molar-refractivity contribution in [3.05, 3.63) is 77.3 Å². The van der Waals surface area contributed by atoms with E-state index in [1.54, 1.807) is 0 Å². The van der Waals surface area contributed by atoms with Gasteiger partial charge in [0, 0.05) is 0 Å². The molecule has 0 spiro atoms. The second-order valence-corrected chi connectivity index (χ2v) is 6.86. The maximum Gasteiger partial charge on any atom is 0.307 e. The van der Waals surface area contributed by atoms with Gasteiger partial charge in [0.25, 0.3) is 0 Å². The van der Waals surface area contributed by atoms with Crippen LogP contribution < -0.4 is 0 Å². The molecule has 0 bridgehead atoms. The first kappa shape index (κ1) is 15.5. The molecule has 0 fully saturated rings. The Balaban J connectivity index is 1.81. The molecule has 0 aliphatic rings. The smallest absolute Gasteiger partial charge is 0.307 e. The predicted molar refractivity (Wildman–Crippen MR) is 104 cm³/mol. The van der Waals surface area contributed by atoms with E-state index >= 15 is 0 Å². The van der Waals surface area contributed by atoms with E-state index in [9.17, 15) is 9.90 Å². The Kier molecular flexibility index (Phi) is 4.04. The van der Waals surface area contributed by atoms with Crippen LogP contribution in [0.5, 0.6) is 0 Å². The van der Waals surface area contributed by atoms with Gasteiger partial charge in [-0.1, -0.05) is 48.5 Å². The Morgan fingerprint density at radius 2 is 1.76 bits per heavy atom. The van der Waals surface area contributed by atoms with Crippen LogP contribution in [-0.2, 0) is 4.79 Å². The molecule has 4 heteroatoms. The minimum absolute atomic E-state index is 0.0490. The molecular formula is C21H15NO2S. The third-order valence-corrected chi connectivity index (χ3v) is 5.14. The predicted octanol–water partition coefficient (Wildman–Crippen LogP) is 5.46. The number of carboxylic acid groups (broad SMARTS) is 1. The molecule has 0 unspecified atom stereocenters. The van der Waals surface area contributed by atoms with Crippen LogP contribution >= 0.6 is 11.3 Å². The lowest BCUT2D eigenvalue weighted by atomic mass is 10.0. The van der Waals surface area contributed by atoms with Crippen LogP contribution in [0.4, 0.5) is 0 Å². The topological polar surface area (TPSA) is 50.2 Å². The van der Waals surface area contributed by atoms with Crippen molar-refractivity contribution in [3.63, 3.8) is 0 Å². The van der Waals surface area contributed by atoms with Gasteiger partial charge in [-0.25, -0.2) is 4.98 Å². The third kappa shape index (κ3) is 3.30. The molecule has 0 radical (unpaired) electrons. The Bertz CT molecular complexity index is 1080. The monoisotopic (exact) mass is 345 g/mol. The van der Waals surface area contributed by atoms with E-state index in [0.29, 0.717) is 0 Å². The lowest BCUT2D eigenvalue weighted by Crippen LogP contribution is -1.97. The largest absolute Gasteiger partial charge is 0.481 e. The van der Waals surface area contributed by atoms with Crippen molar-refractivity contribution in [2.75, 3.05) is 0 Å². The van der Waals surface area contributed by atoms with Gasteiger partial charge in [0.2, 0.25) is 0 Å². The second kappa shape index (κ2) is 6.49. The van der Waals surface area contributed by atoms with Crippen molar-refractivity contribution in [2.45, 2.75) is 6.42 Å². The molecule has 122 valence electrons. The summed E-state index contributed by atoms with van der Waals surface area (Å²) in [6, 6.07) is 22.1. The summed E-state index contributed by atoms with van der Waals surface area (Å²) in [6.07, 6.45) is 1.88. The lowest BCUT2D eigenvalue weighted by Gasteiger charge is -2.03. The minimum atomic E-state index is -0.855. The summed E-state index contributed by atoms with van der Waals surface area (Å²) in [6.45, 7) is 0.